The molecule has 3 nitrogen and oxygen atoms in total. The number of Topliss-reactive ketones (excluding diaryl/α,β-unsaturated/α-hetero) is 1. The Labute approximate surface area is 80.5 Å². The summed E-state index contributed by atoms with van der Waals surface area (Å²) in [6.07, 6.45) is -0.295. The van der Waals surface area contributed by atoms with Crippen LogP contribution in [0.2, 0.25) is 0 Å². The highest BCUT2D eigenvalue weighted by molar-refractivity contribution is 5.75. The van der Waals surface area contributed by atoms with Crippen molar-refractivity contribution in [2.75, 3.05) is 13.1 Å². The van der Waals surface area contributed by atoms with Crippen molar-refractivity contribution in [1.82, 2.24) is 5.32 Å². The van der Waals surface area contributed by atoms with E-state index in [2.05, 4.69) is 26.1 Å². The van der Waals surface area contributed by atoms with Crippen LogP contribution in [0.1, 0.15) is 34.1 Å². The first-order chi connectivity index (χ1) is 5.81. The monoisotopic (exact) mass is 187 g/mol. The third-order valence-electron chi connectivity index (χ3n) is 1.56. The average molecular weight is 187 g/mol. The summed E-state index contributed by atoms with van der Waals surface area (Å²) in [5.74, 6) is 0.0325. The minimum atomic E-state index is -0.542. The molecule has 0 amide bonds. The van der Waals surface area contributed by atoms with Gasteiger partial charge in [-0.25, -0.2) is 0 Å². The first-order valence-corrected chi connectivity index (χ1v) is 4.69. The largest absolute Gasteiger partial charge is 0.391 e. The second kappa shape index (κ2) is 5.35. The third-order valence-corrected chi connectivity index (χ3v) is 1.56. The Morgan fingerprint density at radius 1 is 1.46 bits per heavy atom. The number of ketones is 1. The van der Waals surface area contributed by atoms with Gasteiger partial charge >= 0.3 is 0 Å². The lowest BCUT2D eigenvalue weighted by atomic mass is 9.97. The molecule has 0 aromatic heterocycles. The topological polar surface area (TPSA) is 49.3 Å². The van der Waals surface area contributed by atoms with Gasteiger partial charge in [-0.2, -0.15) is 0 Å². The summed E-state index contributed by atoms with van der Waals surface area (Å²) in [5.41, 5.74) is 0.218. The Balaban J connectivity index is 3.48. The van der Waals surface area contributed by atoms with E-state index in [1.165, 1.54) is 6.92 Å². The molecule has 1 unspecified atom stereocenters. The summed E-state index contributed by atoms with van der Waals surface area (Å²) in [6.45, 7) is 9.21. The zero-order valence-electron chi connectivity index (χ0n) is 9.05. The van der Waals surface area contributed by atoms with Crippen LogP contribution in [0.25, 0.3) is 0 Å². The molecule has 2 N–H and O–H groups in total. The van der Waals surface area contributed by atoms with E-state index in [0.717, 1.165) is 6.54 Å². The Morgan fingerprint density at radius 3 is 2.38 bits per heavy atom. The molecular weight excluding hydrogens is 166 g/mol. The Kier molecular flexibility index (Phi) is 5.18. The van der Waals surface area contributed by atoms with E-state index in [9.17, 15) is 9.90 Å². The second-order valence-electron chi connectivity index (χ2n) is 4.75. The number of nitrogens with one attached hydrogen (secondary N) is 1. The average Bonchev–Trinajstić information content (AvgIpc) is 1.81. The lowest BCUT2D eigenvalue weighted by Gasteiger charge is -2.20. The molecule has 0 saturated heterocycles. The molecule has 0 aliphatic carbocycles. The summed E-state index contributed by atoms with van der Waals surface area (Å²) in [4.78, 5) is 10.6. The molecule has 0 heterocycles. The number of carbonyl (C=O) groups excluding carboxylic acids is 1. The van der Waals surface area contributed by atoms with Crippen LogP contribution in [0.3, 0.4) is 0 Å². The highest BCUT2D eigenvalue weighted by Crippen LogP contribution is 2.10. The number of rotatable bonds is 5. The number of hydrogen-bond acceptors (Lipinski definition) is 3. The fourth-order valence-electron chi connectivity index (χ4n) is 1.02. The van der Waals surface area contributed by atoms with Crippen LogP contribution >= 0.6 is 0 Å². The van der Waals surface area contributed by atoms with Crippen LogP contribution in [0.5, 0.6) is 0 Å². The predicted molar refractivity (Wildman–Crippen MR) is 53.6 cm³/mol. The van der Waals surface area contributed by atoms with E-state index in [1.54, 1.807) is 0 Å². The smallest absolute Gasteiger partial charge is 0.132 e. The highest BCUT2D eigenvalue weighted by Gasteiger charge is 2.11. The number of aliphatic hydroxyl groups excluding tert-OH is 1. The van der Waals surface area contributed by atoms with Gasteiger partial charge in [-0.3, -0.25) is 4.79 Å². The van der Waals surface area contributed by atoms with Crippen molar-refractivity contribution in [3.05, 3.63) is 0 Å². The van der Waals surface area contributed by atoms with E-state index in [1.807, 2.05) is 0 Å². The second-order valence-corrected chi connectivity index (χ2v) is 4.75. The quantitative estimate of drug-likeness (QED) is 0.674. The maximum Gasteiger partial charge on any atom is 0.132 e. The molecule has 0 fully saturated rings. The van der Waals surface area contributed by atoms with E-state index >= 15 is 0 Å². The van der Waals surface area contributed by atoms with Crippen molar-refractivity contribution in [2.45, 2.75) is 40.2 Å². The van der Waals surface area contributed by atoms with Crippen molar-refractivity contribution in [3.8, 4) is 0 Å². The first kappa shape index (κ1) is 12.6. The molecule has 0 aliphatic heterocycles. The summed E-state index contributed by atoms with van der Waals surface area (Å²) >= 11 is 0. The van der Waals surface area contributed by atoms with Crippen LogP contribution in [-0.2, 0) is 4.79 Å². The van der Waals surface area contributed by atoms with Crippen LogP contribution < -0.4 is 5.32 Å². The molecule has 0 bridgehead atoms. The molecule has 78 valence electrons. The molecule has 0 aromatic rings. The molecule has 0 aromatic carbocycles. The van der Waals surface area contributed by atoms with Gasteiger partial charge in [0, 0.05) is 19.5 Å². The summed E-state index contributed by atoms with van der Waals surface area (Å²) in [7, 11) is 0. The maximum atomic E-state index is 10.6. The van der Waals surface area contributed by atoms with E-state index in [4.69, 9.17) is 0 Å². The molecule has 1 atom stereocenters. The number of hydrogen-bond donors (Lipinski definition) is 2. The summed E-state index contributed by atoms with van der Waals surface area (Å²) < 4.78 is 0. The van der Waals surface area contributed by atoms with Crippen LogP contribution in [0.15, 0.2) is 0 Å². The van der Waals surface area contributed by atoms with Gasteiger partial charge in [0.1, 0.15) is 5.78 Å². The SMILES string of the molecule is CC(=O)CC(O)CNCC(C)(C)C. The van der Waals surface area contributed by atoms with Crippen LogP contribution in [0, 0.1) is 5.41 Å². The van der Waals surface area contributed by atoms with Crippen molar-refractivity contribution in [1.29, 1.82) is 0 Å². The maximum absolute atomic E-state index is 10.6. The Morgan fingerprint density at radius 2 is 2.00 bits per heavy atom. The van der Waals surface area contributed by atoms with Gasteiger partial charge in [0.05, 0.1) is 6.10 Å². The number of carbonyl (C=O) groups is 1. The fourth-order valence-corrected chi connectivity index (χ4v) is 1.02. The van der Waals surface area contributed by atoms with Gasteiger partial charge in [-0.1, -0.05) is 20.8 Å². The number of aliphatic hydroxyl groups is 1. The molecule has 0 saturated carbocycles. The lowest BCUT2D eigenvalue weighted by Crippen LogP contribution is -2.34. The predicted octanol–water partition coefficient (Wildman–Crippen LogP) is 0.962. The van der Waals surface area contributed by atoms with Crippen molar-refractivity contribution in [3.63, 3.8) is 0 Å². The van der Waals surface area contributed by atoms with Gasteiger partial charge in [0.25, 0.3) is 0 Å². The summed E-state index contributed by atoms with van der Waals surface area (Å²) in [5, 5.41) is 12.5. The zero-order valence-corrected chi connectivity index (χ0v) is 9.05. The molecule has 0 rings (SSSR count). The van der Waals surface area contributed by atoms with Gasteiger partial charge in [-0.05, 0) is 12.3 Å². The Hall–Kier alpha value is -0.410. The highest BCUT2D eigenvalue weighted by atomic mass is 16.3. The molecule has 0 radical (unpaired) electrons. The van der Waals surface area contributed by atoms with Crippen LogP contribution in [-0.4, -0.2) is 30.1 Å². The standard InChI is InChI=1S/C10H21NO2/c1-8(12)5-9(13)6-11-7-10(2,3)4/h9,11,13H,5-7H2,1-4H3. The van der Waals surface area contributed by atoms with Crippen molar-refractivity contribution < 1.29 is 9.90 Å². The fraction of sp³-hybridized carbons (Fsp3) is 0.900. The van der Waals surface area contributed by atoms with E-state index in [-0.39, 0.29) is 17.6 Å². The summed E-state index contributed by atoms with van der Waals surface area (Å²) in [6, 6.07) is 0. The molecule has 13 heavy (non-hydrogen) atoms. The third kappa shape index (κ3) is 9.50. The van der Waals surface area contributed by atoms with Crippen molar-refractivity contribution >= 4 is 5.78 Å². The van der Waals surface area contributed by atoms with Crippen molar-refractivity contribution in [2.24, 2.45) is 5.41 Å². The zero-order chi connectivity index (χ0) is 10.5. The van der Waals surface area contributed by atoms with Gasteiger partial charge in [0.2, 0.25) is 0 Å². The minimum absolute atomic E-state index is 0.0325. The Bertz CT molecular complexity index is 161. The lowest BCUT2D eigenvalue weighted by molar-refractivity contribution is -0.118. The van der Waals surface area contributed by atoms with E-state index in [0.29, 0.717) is 6.54 Å². The van der Waals surface area contributed by atoms with Gasteiger partial charge < -0.3 is 10.4 Å². The first-order valence-electron chi connectivity index (χ1n) is 4.69. The molecule has 3 heteroatoms. The minimum Gasteiger partial charge on any atom is -0.391 e. The molecule has 0 spiro atoms. The van der Waals surface area contributed by atoms with Gasteiger partial charge in [-0.15, -0.1) is 0 Å². The normalized spacial score (nSPS) is 14.2. The van der Waals surface area contributed by atoms with E-state index < -0.39 is 6.10 Å². The van der Waals surface area contributed by atoms with Crippen LogP contribution in [0.4, 0.5) is 0 Å². The molecular formula is C10H21NO2. The van der Waals surface area contributed by atoms with Gasteiger partial charge in [0.15, 0.2) is 0 Å². The molecule has 0 aliphatic rings.